The lowest BCUT2D eigenvalue weighted by Gasteiger charge is -2.03. The molecule has 0 aromatic carbocycles. The van der Waals surface area contributed by atoms with E-state index in [0.29, 0.717) is 0 Å². The Balaban J connectivity index is 3.10. The second-order valence-electron chi connectivity index (χ2n) is 2.28. The maximum atomic E-state index is 10.9. The molecule has 1 aromatic rings. The average Bonchev–Trinajstić information content (AvgIpc) is 2.08. The molecule has 0 spiro atoms. The number of primary amides is 1. The van der Waals surface area contributed by atoms with Gasteiger partial charge in [-0.25, -0.2) is 4.98 Å². The highest BCUT2D eigenvalue weighted by Gasteiger charge is 2.10. The number of aromatic nitrogens is 1. The molecule has 0 fully saturated rings. The van der Waals surface area contributed by atoms with Crippen LogP contribution >= 0.6 is 23.4 Å². The molecule has 5 heteroatoms. The van der Waals surface area contributed by atoms with Crippen molar-refractivity contribution in [1.82, 2.24) is 4.98 Å². The summed E-state index contributed by atoms with van der Waals surface area (Å²) in [7, 11) is 0. The van der Waals surface area contributed by atoms with E-state index < -0.39 is 5.91 Å². The lowest BCUT2D eigenvalue weighted by molar-refractivity contribution is 0.0992. The third kappa shape index (κ3) is 2.60. The molecule has 0 aliphatic carbocycles. The highest BCUT2D eigenvalue weighted by molar-refractivity contribution is 7.99. The van der Waals surface area contributed by atoms with Gasteiger partial charge in [0.2, 0.25) is 0 Å². The fourth-order valence-electron chi connectivity index (χ4n) is 0.871. The van der Waals surface area contributed by atoms with Crippen molar-refractivity contribution in [2.24, 2.45) is 5.73 Å². The third-order valence-corrected chi connectivity index (χ3v) is 2.50. The van der Waals surface area contributed by atoms with Crippen LogP contribution in [0.15, 0.2) is 17.0 Å². The van der Waals surface area contributed by atoms with E-state index in [1.807, 2.05) is 6.92 Å². The van der Waals surface area contributed by atoms with Crippen LogP contribution in [0.1, 0.15) is 17.4 Å². The van der Waals surface area contributed by atoms with Crippen LogP contribution in [0.4, 0.5) is 0 Å². The van der Waals surface area contributed by atoms with E-state index in [0.717, 1.165) is 10.6 Å². The minimum absolute atomic E-state index is 0.249. The number of hydrogen-bond acceptors (Lipinski definition) is 3. The summed E-state index contributed by atoms with van der Waals surface area (Å²) in [6.45, 7) is 1.99. The number of carbonyl (C=O) groups excluding carboxylic acids is 1. The molecule has 0 bridgehead atoms. The van der Waals surface area contributed by atoms with Crippen LogP contribution in [-0.2, 0) is 0 Å². The number of nitrogens with zero attached hydrogens (tertiary/aromatic N) is 1. The monoisotopic (exact) mass is 216 g/mol. The van der Waals surface area contributed by atoms with E-state index in [9.17, 15) is 4.79 Å². The molecule has 0 aliphatic heterocycles. The molecular weight excluding hydrogens is 208 g/mol. The minimum atomic E-state index is -0.543. The first kappa shape index (κ1) is 10.3. The zero-order valence-corrected chi connectivity index (χ0v) is 8.65. The lowest BCUT2D eigenvalue weighted by atomic mass is 10.3. The van der Waals surface area contributed by atoms with Gasteiger partial charge in [-0.05, 0) is 17.9 Å². The van der Waals surface area contributed by atoms with Gasteiger partial charge in [0.05, 0.1) is 0 Å². The third-order valence-electron chi connectivity index (χ3n) is 1.36. The van der Waals surface area contributed by atoms with Crippen LogP contribution in [-0.4, -0.2) is 16.6 Å². The molecule has 1 rings (SSSR count). The van der Waals surface area contributed by atoms with Gasteiger partial charge in [0.15, 0.2) is 0 Å². The van der Waals surface area contributed by atoms with Gasteiger partial charge in [0.25, 0.3) is 5.91 Å². The Labute approximate surface area is 85.7 Å². The van der Waals surface area contributed by atoms with E-state index in [1.165, 1.54) is 11.8 Å². The second kappa shape index (κ2) is 4.48. The first-order chi connectivity index (χ1) is 6.15. The van der Waals surface area contributed by atoms with Crippen LogP contribution in [0.2, 0.25) is 5.15 Å². The zero-order chi connectivity index (χ0) is 9.84. The fourth-order valence-corrected chi connectivity index (χ4v) is 1.78. The van der Waals surface area contributed by atoms with Gasteiger partial charge >= 0.3 is 0 Å². The molecular formula is C8H9ClN2OS. The van der Waals surface area contributed by atoms with Crippen molar-refractivity contribution in [2.45, 2.75) is 11.8 Å². The Hall–Kier alpha value is -0.740. The number of thioether (sulfide) groups is 1. The van der Waals surface area contributed by atoms with E-state index >= 15 is 0 Å². The normalized spacial score (nSPS) is 10.0. The number of halogens is 1. The molecule has 1 amide bonds. The van der Waals surface area contributed by atoms with Gasteiger partial charge < -0.3 is 5.73 Å². The highest BCUT2D eigenvalue weighted by atomic mass is 35.5. The standard InChI is InChI=1S/C8H9ClN2OS/c1-2-13-5-3-4-6(9)11-7(5)8(10)12/h3-4H,2H2,1H3,(H2,10,12). The summed E-state index contributed by atoms with van der Waals surface area (Å²) in [6.07, 6.45) is 0. The lowest BCUT2D eigenvalue weighted by Crippen LogP contribution is -2.14. The summed E-state index contributed by atoms with van der Waals surface area (Å²) >= 11 is 7.15. The Morgan fingerprint density at radius 1 is 1.69 bits per heavy atom. The van der Waals surface area contributed by atoms with Crippen molar-refractivity contribution < 1.29 is 4.79 Å². The molecule has 1 aromatic heterocycles. The van der Waals surface area contributed by atoms with Gasteiger partial charge in [0, 0.05) is 4.90 Å². The quantitative estimate of drug-likeness (QED) is 0.621. The average molecular weight is 217 g/mol. The zero-order valence-electron chi connectivity index (χ0n) is 7.08. The van der Waals surface area contributed by atoms with Gasteiger partial charge in [-0.3, -0.25) is 4.79 Å². The summed E-state index contributed by atoms with van der Waals surface area (Å²) in [4.78, 5) is 15.6. The largest absolute Gasteiger partial charge is 0.364 e. The number of carbonyl (C=O) groups is 1. The van der Waals surface area contributed by atoms with Crippen LogP contribution in [0.25, 0.3) is 0 Å². The van der Waals surface area contributed by atoms with Gasteiger partial charge in [0.1, 0.15) is 10.8 Å². The molecule has 0 saturated heterocycles. The number of rotatable bonds is 3. The summed E-state index contributed by atoms with van der Waals surface area (Å²) in [5, 5.41) is 0.286. The molecule has 13 heavy (non-hydrogen) atoms. The minimum Gasteiger partial charge on any atom is -0.364 e. The van der Waals surface area contributed by atoms with Crippen LogP contribution in [0, 0.1) is 0 Å². The summed E-state index contributed by atoms with van der Waals surface area (Å²) in [5.74, 6) is 0.322. The summed E-state index contributed by atoms with van der Waals surface area (Å²) in [5.41, 5.74) is 5.39. The highest BCUT2D eigenvalue weighted by Crippen LogP contribution is 2.22. The predicted molar refractivity (Wildman–Crippen MR) is 54.2 cm³/mol. The number of hydrogen-bond donors (Lipinski definition) is 1. The molecule has 1 heterocycles. The number of nitrogens with two attached hydrogens (primary N) is 1. The van der Waals surface area contributed by atoms with Crippen LogP contribution in [0.3, 0.4) is 0 Å². The molecule has 0 atom stereocenters. The van der Waals surface area contributed by atoms with Crippen molar-refractivity contribution in [3.63, 3.8) is 0 Å². The topological polar surface area (TPSA) is 56.0 Å². The maximum absolute atomic E-state index is 10.9. The molecule has 70 valence electrons. The summed E-state index contributed by atoms with van der Waals surface area (Å²) < 4.78 is 0. The fraction of sp³-hybridized carbons (Fsp3) is 0.250. The Kier molecular flexibility index (Phi) is 3.57. The van der Waals surface area contributed by atoms with Crippen LogP contribution < -0.4 is 5.73 Å². The van der Waals surface area contributed by atoms with E-state index in [-0.39, 0.29) is 10.8 Å². The number of pyridine rings is 1. The first-order valence-corrected chi connectivity index (χ1v) is 5.10. The predicted octanol–water partition coefficient (Wildman–Crippen LogP) is 1.95. The second-order valence-corrected chi connectivity index (χ2v) is 3.97. The molecule has 0 aliphatic rings. The number of amides is 1. The Bertz CT molecular complexity index is 330. The summed E-state index contributed by atoms with van der Waals surface area (Å²) in [6, 6.07) is 3.40. The van der Waals surface area contributed by atoms with Crippen LogP contribution in [0.5, 0.6) is 0 Å². The SMILES string of the molecule is CCSc1ccc(Cl)nc1C(N)=O. The van der Waals surface area contributed by atoms with E-state index in [1.54, 1.807) is 12.1 Å². The Morgan fingerprint density at radius 2 is 2.38 bits per heavy atom. The van der Waals surface area contributed by atoms with Gasteiger partial charge in [-0.2, -0.15) is 0 Å². The van der Waals surface area contributed by atoms with Crippen molar-refractivity contribution >= 4 is 29.3 Å². The van der Waals surface area contributed by atoms with Crippen molar-refractivity contribution in [3.8, 4) is 0 Å². The Morgan fingerprint density at radius 3 is 2.92 bits per heavy atom. The maximum Gasteiger partial charge on any atom is 0.268 e. The van der Waals surface area contributed by atoms with Crippen molar-refractivity contribution in [1.29, 1.82) is 0 Å². The van der Waals surface area contributed by atoms with E-state index in [4.69, 9.17) is 17.3 Å². The van der Waals surface area contributed by atoms with Gasteiger partial charge in [-0.1, -0.05) is 18.5 Å². The van der Waals surface area contributed by atoms with Gasteiger partial charge in [-0.15, -0.1) is 11.8 Å². The molecule has 0 radical (unpaired) electrons. The molecule has 3 nitrogen and oxygen atoms in total. The molecule has 0 saturated carbocycles. The van der Waals surface area contributed by atoms with Crippen molar-refractivity contribution in [2.75, 3.05) is 5.75 Å². The molecule has 0 unspecified atom stereocenters. The van der Waals surface area contributed by atoms with Crippen molar-refractivity contribution in [3.05, 3.63) is 23.0 Å². The van der Waals surface area contributed by atoms with E-state index in [2.05, 4.69) is 4.98 Å². The molecule has 2 N–H and O–H groups in total. The first-order valence-electron chi connectivity index (χ1n) is 3.74. The smallest absolute Gasteiger partial charge is 0.268 e.